The Hall–Kier alpha value is -4.62. The highest BCUT2D eigenvalue weighted by atomic mass is 16.5. The SMILES string of the molecule is COc1cc(Nc2ccc3ncc(N4CCOCC4)nc3c2C#N)ccc1OCc1ccc(C)[n+](O)c1. The largest absolute Gasteiger partial charge is 0.493 e. The van der Waals surface area contributed by atoms with Crippen molar-refractivity contribution in [3.8, 4) is 17.6 Å². The highest BCUT2D eigenvalue weighted by Gasteiger charge is 2.17. The molecule has 2 aromatic heterocycles. The maximum absolute atomic E-state index is 10.00. The van der Waals surface area contributed by atoms with Crippen molar-refractivity contribution in [3.63, 3.8) is 0 Å². The number of morpholine rings is 1. The molecule has 2 aromatic carbocycles. The smallest absolute Gasteiger partial charge is 0.231 e. The molecule has 4 aromatic rings. The lowest BCUT2D eigenvalue weighted by atomic mass is 10.1. The summed E-state index contributed by atoms with van der Waals surface area (Å²) in [6.45, 7) is 4.82. The second-order valence-electron chi connectivity index (χ2n) is 8.60. The summed E-state index contributed by atoms with van der Waals surface area (Å²) in [5.74, 6) is 1.81. The number of hydrogen-bond donors (Lipinski definition) is 2. The lowest BCUT2D eigenvalue weighted by molar-refractivity contribution is -0.909. The number of aryl methyl sites for hydroxylation is 1. The van der Waals surface area contributed by atoms with Crippen LogP contribution in [0.5, 0.6) is 11.5 Å². The van der Waals surface area contributed by atoms with Gasteiger partial charge in [-0.1, -0.05) is 0 Å². The fourth-order valence-electron chi connectivity index (χ4n) is 4.10. The summed E-state index contributed by atoms with van der Waals surface area (Å²) in [4.78, 5) is 11.4. The Labute approximate surface area is 214 Å². The van der Waals surface area contributed by atoms with Gasteiger partial charge >= 0.3 is 0 Å². The molecule has 5 rings (SSSR count). The molecule has 0 spiro atoms. The van der Waals surface area contributed by atoms with Crippen molar-refractivity contribution in [3.05, 3.63) is 71.7 Å². The first kappa shape index (κ1) is 24.1. The first-order chi connectivity index (χ1) is 18.1. The van der Waals surface area contributed by atoms with E-state index in [-0.39, 0.29) is 6.61 Å². The molecule has 0 amide bonds. The number of aromatic nitrogens is 3. The molecule has 188 valence electrons. The van der Waals surface area contributed by atoms with Gasteiger partial charge in [0.15, 0.2) is 11.5 Å². The summed E-state index contributed by atoms with van der Waals surface area (Å²) in [5, 5.41) is 23.2. The van der Waals surface area contributed by atoms with Crippen molar-refractivity contribution in [1.82, 2.24) is 9.97 Å². The van der Waals surface area contributed by atoms with Crippen LogP contribution in [-0.2, 0) is 11.3 Å². The van der Waals surface area contributed by atoms with Crippen molar-refractivity contribution >= 4 is 28.2 Å². The first-order valence-corrected chi connectivity index (χ1v) is 11.9. The number of benzene rings is 2. The zero-order chi connectivity index (χ0) is 25.8. The van der Waals surface area contributed by atoms with Crippen LogP contribution in [0.1, 0.15) is 16.8 Å². The van der Waals surface area contributed by atoms with Gasteiger partial charge in [0, 0.05) is 42.6 Å². The Morgan fingerprint density at radius 2 is 2.00 bits per heavy atom. The van der Waals surface area contributed by atoms with Crippen LogP contribution in [0.15, 0.2) is 54.9 Å². The Morgan fingerprint density at radius 1 is 1.16 bits per heavy atom. The lowest BCUT2D eigenvalue weighted by Gasteiger charge is -2.27. The highest BCUT2D eigenvalue weighted by Crippen LogP contribution is 2.34. The summed E-state index contributed by atoms with van der Waals surface area (Å²) in [6.07, 6.45) is 3.34. The van der Waals surface area contributed by atoms with Crippen LogP contribution in [0.3, 0.4) is 0 Å². The van der Waals surface area contributed by atoms with Gasteiger partial charge in [-0.25, -0.2) is 4.98 Å². The van der Waals surface area contributed by atoms with Crippen LogP contribution in [0, 0.1) is 18.3 Å². The number of fused-ring (bicyclic) bond motifs is 1. The second-order valence-corrected chi connectivity index (χ2v) is 8.60. The molecule has 0 radical (unpaired) electrons. The number of methoxy groups -OCH3 is 1. The zero-order valence-electron chi connectivity index (χ0n) is 20.6. The van der Waals surface area contributed by atoms with Crippen LogP contribution >= 0.6 is 0 Å². The molecule has 2 N–H and O–H groups in total. The van der Waals surface area contributed by atoms with Gasteiger partial charge in [0.05, 0.1) is 43.3 Å². The monoisotopic (exact) mass is 499 g/mol. The van der Waals surface area contributed by atoms with Crippen LogP contribution in [0.2, 0.25) is 0 Å². The molecule has 0 bridgehead atoms. The number of hydrogen-bond acceptors (Lipinski definition) is 9. The minimum atomic E-state index is 0.261. The molecule has 0 unspecified atom stereocenters. The van der Waals surface area contributed by atoms with E-state index in [1.54, 1.807) is 31.6 Å². The maximum atomic E-state index is 10.00. The fraction of sp³-hybridized carbons (Fsp3) is 0.259. The Balaban J connectivity index is 1.38. The van der Waals surface area contributed by atoms with Crippen molar-refractivity contribution in [2.45, 2.75) is 13.5 Å². The average molecular weight is 500 g/mol. The predicted molar refractivity (Wildman–Crippen MR) is 136 cm³/mol. The quantitative estimate of drug-likeness (QED) is 0.291. The standard InChI is InChI=1S/C27H27N6O4/c1-18-3-4-19(16-33(18)34)17-37-24-8-5-20(13-25(24)35-2)30-22-6-7-23-27(21(22)14-28)31-26(15-29-23)32-9-11-36-12-10-32/h3-8,13,15-16,30,34H,9-12,17H2,1-2H3/q+1. The van der Waals surface area contributed by atoms with Crippen molar-refractivity contribution in [2.24, 2.45) is 0 Å². The minimum absolute atomic E-state index is 0.261. The van der Waals surface area contributed by atoms with Crippen LogP contribution in [-0.4, -0.2) is 48.6 Å². The molecule has 1 saturated heterocycles. The molecule has 1 aliphatic rings. The Kier molecular flexibility index (Phi) is 6.87. The van der Waals surface area contributed by atoms with Gasteiger partial charge in [-0.3, -0.25) is 10.2 Å². The summed E-state index contributed by atoms with van der Waals surface area (Å²) in [7, 11) is 1.57. The van der Waals surface area contributed by atoms with Gasteiger partial charge in [-0.15, -0.1) is 0 Å². The molecule has 0 aliphatic carbocycles. The highest BCUT2D eigenvalue weighted by molar-refractivity contribution is 5.89. The molecule has 10 nitrogen and oxygen atoms in total. The van der Waals surface area contributed by atoms with Gasteiger partial charge in [0.1, 0.15) is 29.6 Å². The number of ether oxygens (including phenoxy) is 3. The van der Waals surface area contributed by atoms with Crippen molar-refractivity contribution in [1.29, 1.82) is 5.26 Å². The van der Waals surface area contributed by atoms with Crippen LogP contribution < -0.4 is 24.4 Å². The van der Waals surface area contributed by atoms with Gasteiger partial charge < -0.3 is 24.4 Å². The summed E-state index contributed by atoms with van der Waals surface area (Å²) < 4.78 is 18.0. The van der Waals surface area contributed by atoms with Crippen molar-refractivity contribution in [2.75, 3.05) is 43.6 Å². The molecular weight excluding hydrogens is 472 g/mol. The summed E-state index contributed by atoms with van der Waals surface area (Å²) >= 11 is 0. The second kappa shape index (κ2) is 10.6. The number of pyridine rings is 1. The van der Waals surface area contributed by atoms with Gasteiger partial charge in [0.2, 0.25) is 11.9 Å². The summed E-state index contributed by atoms with van der Waals surface area (Å²) in [5.41, 5.74) is 4.49. The number of nitriles is 1. The third-order valence-corrected chi connectivity index (χ3v) is 6.17. The number of rotatable bonds is 7. The number of anilines is 3. The lowest BCUT2D eigenvalue weighted by Crippen LogP contribution is -2.36. The maximum Gasteiger partial charge on any atom is 0.231 e. The predicted octanol–water partition coefficient (Wildman–Crippen LogP) is 3.50. The van der Waals surface area contributed by atoms with E-state index in [9.17, 15) is 10.5 Å². The third kappa shape index (κ3) is 5.17. The van der Waals surface area contributed by atoms with Crippen molar-refractivity contribution < 1.29 is 24.1 Å². The number of nitrogens with zero attached hydrogens (tertiary/aromatic N) is 5. The van der Waals surface area contributed by atoms with E-state index >= 15 is 0 Å². The van der Waals surface area contributed by atoms with Gasteiger partial charge in [0.25, 0.3) is 0 Å². The van der Waals surface area contributed by atoms with E-state index in [4.69, 9.17) is 19.2 Å². The van der Waals surface area contributed by atoms with E-state index in [2.05, 4.69) is 21.3 Å². The van der Waals surface area contributed by atoms with Crippen LogP contribution in [0.25, 0.3) is 11.0 Å². The third-order valence-electron chi connectivity index (χ3n) is 6.17. The Bertz CT molecular complexity index is 1480. The molecule has 10 heteroatoms. The Morgan fingerprint density at radius 3 is 2.76 bits per heavy atom. The average Bonchev–Trinajstić information content (AvgIpc) is 2.94. The van der Waals surface area contributed by atoms with E-state index in [1.807, 2.05) is 37.3 Å². The number of nitrogens with one attached hydrogen (secondary N) is 1. The summed E-state index contributed by atoms with van der Waals surface area (Å²) in [6, 6.07) is 15.1. The van der Waals surface area contributed by atoms with E-state index in [0.717, 1.165) is 40.6 Å². The van der Waals surface area contributed by atoms with Gasteiger partial charge in [-0.05, 0) is 30.3 Å². The molecule has 1 aliphatic heterocycles. The topological polar surface area (TPSA) is 117 Å². The first-order valence-electron chi connectivity index (χ1n) is 11.9. The molecule has 37 heavy (non-hydrogen) atoms. The van der Waals surface area contributed by atoms with E-state index in [0.29, 0.717) is 47.0 Å². The van der Waals surface area contributed by atoms with Gasteiger partial charge in [-0.2, -0.15) is 5.26 Å². The molecule has 0 saturated carbocycles. The molecule has 0 atom stereocenters. The zero-order valence-corrected chi connectivity index (χ0v) is 20.6. The van der Waals surface area contributed by atoms with E-state index in [1.165, 1.54) is 0 Å². The fourth-order valence-corrected chi connectivity index (χ4v) is 4.10. The molecule has 1 fully saturated rings. The molecular formula is C27H27N6O4+. The van der Waals surface area contributed by atoms with E-state index < -0.39 is 0 Å². The minimum Gasteiger partial charge on any atom is -0.493 e. The van der Waals surface area contributed by atoms with Crippen LogP contribution in [0.4, 0.5) is 17.2 Å². The molecule has 3 heterocycles. The normalized spacial score (nSPS) is 13.3.